The van der Waals surface area contributed by atoms with Crippen LogP contribution in [0.15, 0.2) is 109 Å². The van der Waals surface area contributed by atoms with Gasteiger partial charge in [-0.1, -0.05) is 91.9 Å². The van der Waals surface area contributed by atoms with Gasteiger partial charge in [0.25, 0.3) is 0 Å². The van der Waals surface area contributed by atoms with Gasteiger partial charge in [-0.25, -0.2) is 9.59 Å². The highest BCUT2D eigenvalue weighted by Crippen LogP contribution is 2.50. The lowest BCUT2D eigenvalue weighted by Crippen LogP contribution is -2.55. The monoisotopic (exact) mass is 490 g/mol. The van der Waals surface area contributed by atoms with E-state index in [1.165, 1.54) is 0 Å². The molecule has 4 aromatic carbocycles. The summed E-state index contributed by atoms with van der Waals surface area (Å²) in [5, 5.41) is 0. The van der Waals surface area contributed by atoms with E-state index in [1.807, 2.05) is 55.5 Å². The first kappa shape index (κ1) is 24.5. The molecule has 5 rings (SSSR count). The molecule has 0 spiro atoms. The van der Waals surface area contributed by atoms with Crippen LogP contribution < -0.4 is 0 Å². The van der Waals surface area contributed by atoms with Crippen LogP contribution in [-0.4, -0.2) is 24.1 Å². The van der Waals surface area contributed by atoms with Gasteiger partial charge >= 0.3 is 11.9 Å². The van der Waals surface area contributed by atoms with Crippen molar-refractivity contribution in [2.24, 2.45) is 0 Å². The van der Waals surface area contributed by atoms with Crippen LogP contribution in [0, 0.1) is 6.92 Å². The molecule has 0 saturated heterocycles. The number of rotatable bonds is 5. The number of fused-ring (bicyclic) bond motifs is 1. The maximum atomic E-state index is 13.5. The number of benzene rings is 4. The van der Waals surface area contributed by atoms with Crippen LogP contribution >= 0.6 is 0 Å². The average molecular weight is 491 g/mol. The molecule has 0 bridgehead atoms. The topological polar surface area (TPSA) is 52.6 Å². The van der Waals surface area contributed by atoms with Crippen molar-refractivity contribution in [3.8, 4) is 0 Å². The molecule has 0 aliphatic heterocycles. The minimum atomic E-state index is -0.765. The second-order valence-electron chi connectivity index (χ2n) is 9.82. The van der Waals surface area contributed by atoms with Crippen molar-refractivity contribution in [1.29, 1.82) is 0 Å². The van der Waals surface area contributed by atoms with Crippen molar-refractivity contribution in [2.75, 3.05) is 0 Å². The number of hydrogen-bond acceptors (Lipinski definition) is 4. The summed E-state index contributed by atoms with van der Waals surface area (Å²) in [5.74, 6) is -1.09. The molecule has 0 aromatic heterocycles. The molecule has 0 N–H and O–H groups in total. The Balaban J connectivity index is 1.67. The first-order chi connectivity index (χ1) is 17.9. The van der Waals surface area contributed by atoms with E-state index in [1.54, 1.807) is 36.4 Å². The van der Waals surface area contributed by atoms with Crippen LogP contribution in [0.1, 0.15) is 62.7 Å². The van der Waals surface area contributed by atoms with Gasteiger partial charge in [-0.15, -0.1) is 0 Å². The Kier molecular flexibility index (Phi) is 6.66. The molecule has 37 heavy (non-hydrogen) atoms. The lowest BCUT2D eigenvalue weighted by Gasteiger charge is -2.49. The van der Waals surface area contributed by atoms with Crippen molar-refractivity contribution >= 4 is 11.9 Å². The maximum Gasteiger partial charge on any atom is 0.338 e. The average Bonchev–Trinajstić information content (AvgIpc) is 2.94. The normalized spacial score (nSPS) is 22.5. The van der Waals surface area contributed by atoms with Gasteiger partial charge in [0.05, 0.1) is 16.5 Å². The van der Waals surface area contributed by atoms with E-state index in [0.29, 0.717) is 11.1 Å². The molecule has 0 fully saturated rings. The zero-order chi connectivity index (χ0) is 26.0. The number of aryl methyl sites for hydroxylation is 1. The second kappa shape index (κ2) is 10.1. The molecule has 1 aliphatic carbocycles. The molecule has 4 heteroatoms. The molecule has 4 nitrogen and oxygen atoms in total. The Hall–Kier alpha value is -4.18. The summed E-state index contributed by atoms with van der Waals surface area (Å²) in [6.45, 7) is 6.18. The van der Waals surface area contributed by atoms with Crippen LogP contribution in [0.4, 0.5) is 0 Å². The highest BCUT2D eigenvalue weighted by atomic mass is 16.6. The first-order valence-corrected chi connectivity index (χ1v) is 12.6. The molecule has 4 aromatic rings. The maximum absolute atomic E-state index is 13.5. The highest BCUT2D eigenvalue weighted by molar-refractivity contribution is 5.90. The minimum absolute atomic E-state index is 0.200. The van der Waals surface area contributed by atoms with Crippen molar-refractivity contribution in [3.63, 3.8) is 0 Å². The van der Waals surface area contributed by atoms with Crippen LogP contribution in [0.2, 0.25) is 0 Å². The fraction of sp³-hybridized carbons (Fsp3) is 0.212. The summed E-state index contributed by atoms with van der Waals surface area (Å²) in [7, 11) is 0. The van der Waals surface area contributed by atoms with Crippen molar-refractivity contribution in [1.82, 2.24) is 0 Å². The Labute approximate surface area is 217 Å². The third-order valence-corrected chi connectivity index (χ3v) is 7.57. The molecular weight excluding hydrogens is 460 g/mol. The van der Waals surface area contributed by atoms with E-state index in [4.69, 9.17) is 9.47 Å². The van der Waals surface area contributed by atoms with Crippen LogP contribution in [0.25, 0.3) is 0 Å². The summed E-state index contributed by atoms with van der Waals surface area (Å²) in [4.78, 5) is 26.8. The van der Waals surface area contributed by atoms with Gasteiger partial charge in [-0.3, -0.25) is 0 Å². The van der Waals surface area contributed by atoms with Crippen LogP contribution in [0.3, 0.4) is 0 Å². The van der Waals surface area contributed by atoms with Gasteiger partial charge in [0.15, 0.2) is 6.10 Å². The van der Waals surface area contributed by atoms with Gasteiger partial charge in [-0.05, 0) is 60.4 Å². The molecule has 0 radical (unpaired) electrons. The summed E-state index contributed by atoms with van der Waals surface area (Å²) < 4.78 is 12.6. The van der Waals surface area contributed by atoms with Crippen LogP contribution in [-0.2, 0) is 14.9 Å². The quantitative estimate of drug-likeness (QED) is 0.287. The van der Waals surface area contributed by atoms with E-state index >= 15 is 0 Å². The predicted octanol–water partition coefficient (Wildman–Crippen LogP) is 6.87. The first-order valence-electron chi connectivity index (χ1n) is 12.6. The fourth-order valence-electron chi connectivity index (χ4n) is 5.61. The highest BCUT2D eigenvalue weighted by Gasteiger charge is 2.54. The van der Waals surface area contributed by atoms with Crippen molar-refractivity contribution < 1.29 is 19.1 Å². The molecule has 2 unspecified atom stereocenters. The molecular formula is C33H30O4. The van der Waals surface area contributed by atoms with E-state index in [-0.39, 0.29) is 5.92 Å². The van der Waals surface area contributed by atoms with Gasteiger partial charge in [0.1, 0.15) is 6.10 Å². The molecule has 0 heterocycles. The SMILES string of the molecule is Cc1ccccc1[C@]1(C)c2ccccc2[C@H](C)C(OC(=O)c2ccccc2)C1OC(=O)c1ccccc1. The third-order valence-electron chi connectivity index (χ3n) is 7.57. The third kappa shape index (κ3) is 4.44. The molecule has 0 amide bonds. The lowest BCUT2D eigenvalue weighted by molar-refractivity contribution is -0.0692. The summed E-state index contributed by atoms with van der Waals surface area (Å²) in [5.41, 5.74) is 4.39. The number of hydrogen-bond donors (Lipinski definition) is 0. The Morgan fingerprint density at radius 3 is 1.73 bits per heavy atom. The molecule has 186 valence electrons. The van der Waals surface area contributed by atoms with Crippen molar-refractivity contribution in [3.05, 3.63) is 143 Å². The number of ether oxygens (including phenoxy) is 2. The number of carbonyl (C=O) groups excluding carboxylic acids is 2. The van der Waals surface area contributed by atoms with E-state index in [2.05, 4.69) is 38.1 Å². The van der Waals surface area contributed by atoms with E-state index < -0.39 is 29.6 Å². The largest absolute Gasteiger partial charge is 0.454 e. The molecule has 1 aliphatic rings. The zero-order valence-electron chi connectivity index (χ0n) is 21.3. The number of esters is 2. The standard InChI is InChI=1S/C33H30O4/c1-22-14-10-12-20-27(22)33(3)28-21-13-11-19-26(28)23(2)29(36-31(34)24-15-6-4-7-16-24)30(33)37-32(35)25-17-8-5-9-18-25/h4-21,23,29-30H,1-3H3/t23-,29?,30?,33+/m0/s1. The summed E-state index contributed by atoms with van der Waals surface area (Å²) >= 11 is 0. The smallest absolute Gasteiger partial charge is 0.338 e. The molecule has 4 atom stereocenters. The Morgan fingerprint density at radius 1 is 0.649 bits per heavy atom. The van der Waals surface area contributed by atoms with Gasteiger partial charge < -0.3 is 9.47 Å². The minimum Gasteiger partial charge on any atom is -0.454 e. The van der Waals surface area contributed by atoms with Crippen LogP contribution in [0.5, 0.6) is 0 Å². The van der Waals surface area contributed by atoms with Gasteiger partial charge in [-0.2, -0.15) is 0 Å². The predicted molar refractivity (Wildman–Crippen MR) is 144 cm³/mol. The lowest BCUT2D eigenvalue weighted by atomic mass is 9.61. The van der Waals surface area contributed by atoms with Crippen molar-refractivity contribution in [2.45, 2.75) is 44.3 Å². The Bertz CT molecular complexity index is 1410. The Morgan fingerprint density at radius 2 is 1.14 bits per heavy atom. The fourth-order valence-corrected chi connectivity index (χ4v) is 5.61. The zero-order valence-corrected chi connectivity index (χ0v) is 21.3. The summed E-state index contributed by atoms with van der Waals surface area (Å²) in [6.07, 6.45) is -1.47. The second-order valence-corrected chi connectivity index (χ2v) is 9.82. The van der Waals surface area contributed by atoms with Gasteiger partial charge in [0.2, 0.25) is 0 Å². The van der Waals surface area contributed by atoms with E-state index in [0.717, 1.165) is 22.3 Å². The van der Waals surface area contributed by atoms with Gasteiger partial charge in [0, 0.05) is 5.92 Å². The molecule has 0 saturated carbocycles. The van der Waals surface area contributed by atoms with E-state index in [9.17, 15) is 9.59 Å². The number of carbonyl (C=O) groups is 2. The summed E-state index contributed by atoms with van der Waals surface area (Å²) in [6, 6.07) is 34.2.